The van der Waals surface area contributed by atoms with Crippen molar-refractivity contribution in [1.82, 2.24) is 0 Å². The first kappa shape index (κ1) is 22.2. The third kappa shape index (κ3) is 5.62. The summed E-state index contributed by atoms with van der Waals surface area (Å²) in [6, 6.07) is 15.8. The third-order valence-electron chi connectivity index (χ3n) is 4.83. The van der Waals surface area contributed by atoms with Crippen molar-refractivity contribution >= 4 is 23.2 Å². The maximum absolute atomic E-state index is 12.9. The molecule has 2 amide bonds. The number of hydrogen-bond acceptors (Lipinski definition) is 4. The van der Waals surface area contributed by atoms with Gasteiger partial charge in [-0.3, -0.25) is 9.59 Å². The van der Waals surface area contributed by atoms with Crippen LogP contribution in [0.15, 0.2) is 66.7 Å². The molecular weight excluding hydrogens is 437 g/mol. The van der Waals surface area contributed by atoms with Crippen LogP contribution in [0, 0.1) is 0 Å². The number of ether oxygens (including phenoxy) is 2. The first-order valence-electron chi connectivity index (χ1n) is 10.0. The number of carbonyl (C=O) groups is 2. The summed E-state index contributed by atoms with van der Waals surface area (Å²) in [6.07, 6.45) is -4.43. The molecular formula is C24H19F3N2O4. The number of rotatable bonds is 5. The Bertz CT molecular complexity index is 1190. The summed E-state index contributed by atoms with van der Waals surface area (Å²) in [5.74, 6) is 0.309. The van der Waals surface area contributed by atoms with Crippen LogP contribution in [0.25, 0.3) is 0 Å². The highest BCUT2D eigenvalue weighted by atomic mass is 19.4. The van der Waals surface area contributed by atoms with Crippen LogP contribution in [-0.4, -0.2) is 25.0 Å². The zero-order chi connectivity index (χ0) is 23.4. The molecule has 0 aromatic heterocycles. The molecule has 9 heteroatoms. The van der Waals surface area contributed by atoms with Crippen LogP contribution in [0.2, 0.25) is 0 Å². The average Bonchev–Trinajstić information content (AvgIpc) is 2.79. The Balaban J connectivity index is 1.40. The van der Waals surface area contributed by atoms with Crippen molar-refractivity contribution in [2.75, 3.05) is 23.8 Å². The molecule has 0 fully saturated rings. The minimum absolute atomic E-state index is 0.0165. The summed E-state index contributed by atoms with van der Waals surface area (Å²) in [5, 5.41) is 5.16. The van der Waals surface area contributed by atoms with Crippen molar-refractivity contribution in [2.24, 2.45) is 0 Å². The van der Waals surface area contributed by atoms with E-state index in [1.165, 1.54) is 24.3 Å². The van der Waals surface area contributed by atoms with Gasteiger partial charge in [-0.15, -0.1) is 0 Å². The van der Waals surface area contributed by atoms with Gasteiger partial charge in [0.25, 0.3) is 5.91 Å². The second kappa shape index (κ2) is 9.23. The van der Waals surface area contributed by atoms with Gasteiger partial charge in [-0.05, 0) is 54.1 Å². The van der Waals surface area contributed by atoms with Crippen LogP contribution in [-0.2, 0) is 17.4 Å². The van der Waals surface area contributed by atoms with Crippen molar-refractivity contribution in [3.8, 4) is 11.5 Å². The zero-order valence-corrected chi connectivity index (χ0v) is 17.2. The van der Waals surface area contributed by atoms with Crippen LogP contribution in [0.3, 0.4) is 0 Å². The Morgan fingerprint density at radius 3 is 2.27 bits per heavy atom. The molecule has 0 spiro atoms. The number of amides is 2. The van der Waals surface area contributed by atoms with Crippen molar-refractivity contribution < 1.29 is 32.2 Å². The van der Waals surface area contributed by atoms with Crippen LogP contribution >= 0.6 is 0 Å². The van der Waals surface area contributed by atoms with E-state index in [0.717, 1.165) is 17.7 Å². The Hall–Kier alpha value is -4.01. The largest absolute Gasteiger partial charge is 0.486 e. The molecule has 33 heavy (non-hydrogen) atoms. The maximum atomic E-state index is 12.9. The lowest BCUT2D eigenvalue weighted by Gasteiger charge is -2.18. The van der Waals surface area contributed by atoms with Crippen molar-refractivity contribution in [3.05, 3.63) is 83.4 Å². The predicted molar refractivity (Wildman–Crippen MR) is 116 cm³/mol. The first-order chi connectivity index (χ1) is 15.8. The maximum Gasteiger partial charge on any atom is 0.416 e. The fraction of sp³-hybridized carbons (Fsp3) is 0.167. The van der Waals surface area contributed by atoms with E-state index < -0.39 is 17.6 Å². The summed E-state index contributed by atoms with van der Waals surface area (Å²) in [6.45, 7) is 0.919. The summed E-state index contributed by atoms with van der Waals surface area (Å²) in [7, 11) is 0. The molecule has 1 aliphatic heterocycles. The number of fused-ring (bicyclic) bond motifs is 1. The first-order valence-corrected chi connectivity index (χ1v) is 10.0. The number of hydrogen-bond donors (Lipinski definition) is 2. The average molecular weight is 456 g/mol. The molecule has 170 valence electrons. The minimum Gasteiger partial charge on any atom is -0.486 e. The molecule has 0 saturated heterocycles. The number of nitrogens with one attached hydrogen (secondary N) is 2. The monoisotopic (exact) mass is 456 g/mol. The van der Waals surface area contributed by atoms with Crippen molar-refractivity contribution in [2.45, 2.75) is 12.6 Å². The number of anilines is 2. The Morgan fingerprint density at radius 1 is 0.818 bits per heavy atom. The Labute approximate surface area is 187 Å². The van der Waals surface area contributed by atoms with E-state index in [2.05, 4.69) is 10.6 Å². The molecule has 0 bridgehead atoms. The van der Waals surface area contributed by atoms with E-state index >= 15 is 0 Å². The standard InChI is InChI=1S/C24H19F3N2O4/c25-24(26,27)17-4-2-6-19(14-17)29-23(31)16-3-1-5-18(13-16)28-22(30)12-15-7-8-20-21(11-15)33-10-9-32-20/h1-8,11,13-14H,9-10,12H2,(H,28,30)(H,29,31). The summed E-state index contributed by atoms with van der Waals surface area (Å²) >= 11 is 0. The second-order valence-electron chi connectivity index (χ2n) is 7.32. The highest BCUT2D eigenvalue weighted by Crippen LogP contribution is 2.32. The number of carbonyl (C=O) groups excluding carboxylic acids is 2. The molecule has 6 nitrogen and oxygen atoms in total. The molecule has 2 N–H and O–H groups in total. The molecule has 3 aromatic carbocycles. The Kier molecular flexibility index (Phi) is 6.21. The van der Waals surface area contributed by atoms with Gasteiger partial charge in [-0.1, -0.05) is 18.2 Å². The van der Waals surface area contributed by atoms with Gasteiger partial charge in [-0.2, -0.15) is 13.2 Å². The third-order valence-corrected chi connectivity index (χ3v) is 4.83. The minimum atomic E-state index is -4.51. The molecule has 4 rings (SSSR count). The fourth-order valence-corrected chi connectivity index (χ4v) is 3.30. The summed E-state index contributed by atoms with van der Waals surface area (Å²) in [4.78, 5) is 25.0. The van der Waals surface area contributed by atoms with Crippen LogP contribution < -0.4 is 20.1 Å². The lowest BCUT2D eigenvalue weighted by molar-refractivity contribution is -0.137. The molecule has 0 aliphatic carbocycles. The van der Waals surface area contributed by atoms with Crippen molar-refractivity contribution in [3.63, 3.8) is 0 Å². The highest BCUT2D eigenvalue weighted by molar-refractivity contribution is 6.05. The van der Waals surface area contributed by atoms with Gasteiger partial charge in [-0.25, -0.2) is 0 Å². The van der Waals surface area contributed by atoms with Crippen molar-refractivity contribution in [1.29, 1.82) is 0 Å². The lowest BCUT2D eigenvalue weighted by Crippen LogP contribution is -2.17. The lowest BCUT2D eigenvalue weighted by atomic mass is 10.1. The van der Waals surface area contributed by atoms with E-state index in [1.54, 1.807) is 30.3 Å². The fourth-order valence-electron chi connectivity index (χ4n) is 3.30. The van der Waals surface area contributed by atoms with Gasteiger partial charge >= 0.3 is 6.18 Å². The van der Waals surface area contributed by atoms with Crippen LogP contribution in [0.5, 0.6) is 11.5 Å². The van der Waals surface area contributed by atoms with E-state index in [-0.39, 0.29) is 23.6 Å². The van der Waals surface area contributed by atoms with Gasteiger partial charge in [0.05, 0.1) is 12.0 Å². The number of halogens is 3. The van der Waals surface area contributed by atoms with E-state index in [4.69, 9.17) is 9.47 Å². The molecule has 3 aromatic rings. The van der Waals surface area contributed by atoms with E-state index in [1.807, 2.05) is 0 Å². The summed E-state index contributed by atoms with van der Waals surface area (Å²) < 4.78 is 49.6. The number of alkyl halides is 3. The smallest absolute Gasteiger partial charge is 0.416 e. The van der Waals surface area contributed by atoms with Gasteiger partial charge in [0.1, 0.15) is 13.2 Å². The predicted octanol–water partition coefficient (Wildman–Crippen LogP) is 4.91. The Morgan fingerprint density at radius 2 is 1.52 bits per heavy atom. The molecule has 0 unspecified atom stereocenters. The van der Waals surface area contributed by atoms with E-state index in [9.17, 15) is 22.8 Å². The zero-order valence-electron chi connectivity index (χ0n) is 17.2. The molecule has 0 radical (unpaired) electrons. The normalized spacial score (nSPS) is 12.7. The molecule has 0 atom stereocenters. The molecule has 1 aliphatic rings. The van der Waals surface area contributed by atoms with Gasteiger partial charge in [0, 0.05) is 16.9 Å². The van der Waals surface area contributed by atoms with Gasteiger partial charge < -0.3 is 20.1 Å². The molecule has 1 heterocycles. The van der Waals surface area contributed by atoms with Crippen LogP contribution in [0.1, 0.15) is 21.5 Å². The van der Waals surface area contributed by atoms with Gasteiger partial charge in [0.2, 0.25) is 5.91 Å². The quantitative estimate of drug-likeness (QED) is 0.572. The number of benzene rings is 3. The van der Waals surface area contributed by atoms with E-state index in [0.29, 0.717) is 30.4 Å². The highest BCUT2D eigenvalue weighted by Gasteiger charge is 2.30. The second-order valence-corrected chi connectivity index (χ2v) is 7.32. The van der Waals surface area contributed by atoms with Crippen LogP contribution in [0.4, 0.5) is 24.5 Å². The topological polar surface area (TPSA) is 76.7 Å². The summed E-state index contributed by atoms with van der Waals surface area (Å²) in [5.41, 5.74) is 0.456. The van der Waals surface area contributed by atoms with Gasteiger partial charge in [0.15, 0.2) is 11.5 Å². The molecule has 0 saturated carbocycles. The SMILES string of the molecule is O=C(Cc1ccc2c(c1)OCCO2)Nc1cccc(C(=O)Nc2cccc(C(F)(F)F)c2)c1.